The van der Waals surface area contributed by atoms with Crippen molar-refractivity contribution in [1.29, 1.82) is 0 Å². The average Bonchev–Trinajstić information content (AvgIpc) is 2.83. The molecular weight excluding hydrogens is 478 g/mol. The first-order valence-electron chi connectivity index (χ1n) is 11.5. The molecule has 34 heavy (non-hydrogen) atoms. The summed E-state index contributed by atoms with van der Waals surface area (Å²) in [5.74, 6) is -1.54. The highest BCUT2D eigenvalue weighted by atomic mass is 31.2. The Kier molecular flexibility index (Phi) is 12.5. The van der Waals surface area contributed by atoms with Crippen LogP contribution < -0.4 is 10.6 Å². The lowest BCUT2D eigenvalue weighted by Crippen LogP contribution is -2.34. The van der Waals surface area contributed by atoms with Gasteiger partial charge in [-0.3, -0.25) is 29.7 Å². The Balaban J connectivity index is 2.20. The molecule has 0 aliphatic heterocycles. The molecule has 0 saturated carbocycles. The smallest absolute Gasteiger partial charge is 0.308 e. The third-order valence-corrected chi connectivity index (χ3v) is 9.24. The SMILES string of the molecule is CCOP(=O)(OCC)[C@H](NCCN[C@@H](c1ccccn1)P(=O)(OCC)OCC)c1ccccn1. The normalized spacial score (nSPS) is 14.1. The Labute approximate surface area is 202 Å². The molecule has 10 nitrogen and oxygen atoms in total. The van der Waals surface area contributed by atoms with Gasteiger partial charge >= 0.3 is 15.2 Å². The fraction of sp³-hybridized carbons (Fsp3) is 0.545. The van der Waals surface area contributed by atoms with Crippen LogP contribution in [0.3, 0.4) is 0 Å². The van der Waals surface area contributed by atoms with Gasteiger partial charge in [0.1, 0.15) is 0 Å². The predicted molar refractivity (Wildman–Crippen MR) is 132 cm³/mol. The lowest BCUT2D eigenvalue weighted by molar-refractivity contribution is 0.203. The van der Waals surface area contributed by atoms with Crippen LogP contribution in [0.4, 0.5) is 0 Å². The van der Waals surface area contributed by atoms with E-state index in [1.165, 1.54) is 0 Å². The highest BCUT2D eigenvalue weighted by molar-refractivity contribution is 7.54. The van der Waals surface area contributed by atoms with Gasteiger partial charge in [0, 0.05) is 25.5 Å². The molecule has 0 spiro atoms. The monoisotopic (exact) mass is 514 g/mol. The number of aromatic nitrogens is 2. The van der Waals surface area contributed by atoms with Crippen molar-refractivity contribution in [3.8, 4) is 0 Å². The van der Waals surface area contributed by atoms with E-state index in [0.29, 0.717) is 24.5 Å². The van der Waals surface area contributed by atoms with Gasteiger partial charge < -0.3 is 18.1 Å². The summed E-state index contributed by atoms with van der Waals surface area (Å²) < 4.78 is 49.3. The second-order valence-corrected chi connectivity index (χ2v) is 11.2. The fourth-order valence-corrected chi connectivity index (χ4v) is 7.19. The predicted octanol–water partition coefficient (Wildman–Crippen LogP) is 4.89. The van der Waals surface area contributed by atoms with Crippen molar-refractivity contribution in [3.63, 3.8) is 0 Å². The van der Waals surface area contributed by atoms with Crippen molar-refractivity contribution in [2.45, 2.75) is 39.3 Å². The minimum absolute atomic E-state index is 0.230. The fourth-order valence-electron chi connectivity index (χ4n) is 3.34. The van der Waals surface area contributed by atoms with Crippen molar-refractivity contribution in [3.05, 3.63) is 60.2 Å². The Morgan fingerprint density at radius 2 is 1.03 bits per heavy atom. The van der Waals surface area contributed by atoms with Crippen LogP contribution in [-0.2, 0) is 27.2 Å². The molecule has 0 fully saturated rings. The summed E-state index contributed by atoms with van der Waals surface area (Å²) in [6.45, 7) is 8.65. The Bertz CT molecular complexity index is 827. The first-order chi connectivity index (χ1) is 16.4. The third-order valence-electron chi connectivity index (χ3n) is 4.60. The summed E-state index contributed by atoms with van der Waals surface area (Å²) in [5, 5.41) is 6.48. The van der Waals surface area contributed by atoms with Crippen LogP contribution in [0.5, 0.6) is 0 Å². The molecule has 2 N–H and O–H groups in total. The molecule has 2 aromatic rings. The van der Waals surface area contributed by atoms with Crippen molar-refractivity contribution < 1.29 is 27.2 Å². The molecule has 190 valence electrons. The molecule has 2 aromatic heterocycles. The Morgan fingerprint density at radius 3 is 1.29 bits per heavy atom. The van der Waals surface area contributed by atoms with Crippen LogP contribution in [0.15, 0.2) is 48.8 Å². The topological polar surface area (TPSA) is 121 Å². The lowest BCUT2D eigenvalue weighted by Gasteiger charge is -2.28. The summed E-state index contributed by atoms with van der Waals surface area (Å²) >= 11 is 0. The van der Waals surface area contributed by atoms with Gasteiger partial charge in [-0.1, -0.05) is 12.1 Å². The van der Waals surface area contributed by atoms with Gasteiger partial charge in [0.2, 0.25) is 0 Å². The average molecular weight is 515 g/mol. The van der Waals surface area contributed by atoms with Crippen molar-refractivity contribution in [1.82, 2.24) is 20.6 Å². The molecule has 0 radical (unpaired) electrons. The van der Waals surface area contributed by atoms with Crippen LogP contribution >= 0.6 is 15.2 Å². The van der Waals surface area contributed by atoms with E-state index in [4.69, 9.17) is 18.1 Å². The van der Waals surface area contributed by atoms with E-state index in [-0.39, 0.29) is 26.4 Å². The summed E-state index contributed by atoms with van der Waals surface area (Å²) in [4.78, 5) is 8.70. The molecule has 2 rings (SSSR count). The van der Waals surface area contributed by atoms with Crippen LogP contribution in [0.25, 0.3) is 0 Å². The quantitative estimate of drug-likeness (QED) is 0.223. The first kappa shape index (κ1) is 28.8. The number of hydrogen-bond donors (Lipinski definition) is 2. The molecule has 0 aromatic carbocycles. The molecule has 0 amide bonds. The number of hydrogen-bond acceptors (Lipinski definition) is 10. The number of nitrogens with zero attached hydrogens (tertiary/aromatic N) is 2. The van der Waals surface area contributed by atoms with Gasteiger partial charge in [0.25, 0.3) is 0 Å². The van der Waals surface area contributed by atoms with Crippen LogP contribution in [0, 0.1) is 0 Å². The Morgan fingerprint density at radius 1 is 0.676 bits per heavy atom. The molecule has 0 saturated heterocycles. The maximum absolute atomic E-state index is 13.5. The van der Waals surface area contributed by atoms with Crippen molar-refractivity contribution in [2.24, 2.45) is 0 Å². The number of nitrogens with one attached hydrogen (secondary N) is 2. The van der Waals surface area contributed by atoms with Gasteiger partial charge in [-0.2, -0.15) is 0 Å². The van der Waals surface area contributed by atoms with Gasteiger partial charge in [-0.15, -0.1) is 0 Å². The van der Waals surface area contributed by atoms with Gasteiger partial charge in [0.05, 0.1) is 37.8 Å². The van der Waals surface area contributed by atoms with E-state index < -0.39 is 26.8 Å². The van der Waals surface area contributed by atoms with E-state index in [0.717, 1.165) is 0 Å². The van der Waals surface area contributed by atoms with E-state index in [9.17, 15) is 9.13 Å². The second-order valence-electron chi connectivity index (χ2n) is 6.97. The minimum atomic E-state index is -3.55. The van der Waals surface area contributed by atoms with E-state index in [1.54, 1.807) is 64.4 Å². The lowest BCUT2D eigenvalue weighted by atomic mass is 10.3. The zero-order valence-electron chi connectivity index (χ0n) is 20.3. The van der Waals surface area contributed by atoms with Crippen LogP contribution in [0.2, 0.25) is 0 Å². The van der Waals surface area contributed by atoms with Gasteiger partial charge in [0.15, 0.2) is 11.6 Å². The molecular formula is C22H36N4O6P2. The number of pyridine rings is 2. The van der Waals surface area contributed by atoms with Crippen LogP contribution in [0.1, 0.15) is 50.6 Å². The summed E-state index contributed by atoms with van der Waals surface area (Å²) in [7, 11) is -7.09. The van der Waals surface area contributed by atoms with Crippen molar-refractivity contribution in [2.75, 3.05) is 39.5 Å². The third kappa shape index (κ3) is 8.04. The zero-order chi connectivity index (χ0) is 24.9. The zero-order valence-corrected chi connectivity index (χ0v) is 22.0. The largest absolute Gasteiger partial charge is 0.353 e. The summed E-state index contributed by atoms with van der Waals surface area (Å²) in [6, 6.07) is 10.7. The van der Waals surface area contributed by atoms with E-state index in [2.05, 4.69) is 20.6 Å². The van der Waals surface area contributed by atoms with E-state index in [1.807, 2.05) is 12.1 Å². The highest BCUT2D eigenvalue weighted by Crippen LogP contribution is 2.60. The molecule has 0 aliphatic carbocycles. The molecule has 0 bridgehead atoms. The molecule has 2 atom stereocenters. The van der Waals surface area contributed by atoms with E-state index >= 15 is 0 Å². The minimum Gasteiger partial charge on any atom is -0.308 e. The van der Waals surface area contributed by atoms with Gasteiger partial charge in [-0.25, -0.2) is 0 Å². The maximum atomic E-state index is 13.5. The van der Waals surface area contributed by atoms with Crippen molar-refractivity contribution >= 4 is 15.2 Å². The highest BCUT2D eigenvalue weighted by Gasteiger charge is 2.39. The first-order valence-corrected chi connectivity index (χ1v) is 14.7. The summed E-state index contributed by atoms with van der Waals surface area (Å²) in [5.41, 5.74) is 1.09. The maximum Gasteiger partial charge on any atom is 0.353 e. The van der Waals surface area contributed by atoms with Crippen LogP contribution in [-0.4, -0.2) is 49.5 Å². The molecule has 2 heterocycles. The molecule has 0 unspecified atom stereocenters. The standard InChI is InChI=1S/C22H36N4O6P2/c1-5-29-33(27,30-6-2)21(19-13-9-11-15-23-19)25-17-18-26-22(20-14-10-12-16-24-20)34(28,31-7-3)32-8-4/h9-16,21-22,25-26H,5-8,17-18H2,1-4H3/t21-,22+. The second kappa shape index (κ2) is 14.8. The molecule has 12 heteroatoms. The van der Waals surface area contributed by atoms with Gasteiger partial charge in [-0.05, 0) is 52.0 Å². The Hall–Kier alpha value is -1.48. The summed E-state index contributed by atoms with van der Waals surface area (Å²) in [6.07, 6.45) is 3.25. The molecule has 0 aliphatic rings. The number of rotatable bonds is 17.